The third-order valence-electron chi connectivity index (χ3n) is 2.53. The topological polar surface area (TPSA) is 50.4 Å². The second kappa shape index (κ2) is 4.34. The highest BCUT2D eigenvalue weighted by Gasteiger charge is 2.20. The maximum atomic E-state index is 5.79. The van der Waals surface area contributed by atoms with Crippen molar-refractivity contribution in [3.8, 4) is 0 Å². The van der Waals surface area contributed by atoms with Crippen LogP contribution >= 0.6 is 0 Å². The van der Waals surface area contributed by atoms with E-state index in [-0.39, 0.29) is 6.04 Å². The van der Waals surface area contributed by atoms with Crippen molar-refractivity contribution in [3.05, 3.63) is 35.9 Å². The van der Waals surface area contributed by atoms with E-state index >= 15 is 0 Å². The Morgan fingerprint density at radius 2 is 2.07 bits per heavy atom. The number of benzene rings is 1. The number of nitrogens with zero attached hydrogens (tertiary/aromatic N) is 1. The zero-order chi connectivity index (χ0) is 10.7. The zero-order valence-electron chi connectivity index (χ0n) is 8.98. The molecule has 0 heterocycles. The summed E-state index contributed by atoms with van der Waals surface area (Å²) >= 11 is 0. The van der Waals surface area contributed by atoms with Gasteiger partial charge in [-0.25, -0.2) is 0 Å². The monoisotopic (exact) mass is 203 g/mol. The molecule has 1 aliphatic carbocycles. The van der Waals surface area contributed by atoms with Gasteiger partial charge in [0.25, 0.3) is 0 Å². The van der Waals surface area contributed by atoms with Gasteiger partial charge in [0.05, 0.1) is 12.1 Å². The molecule has 3 nitrogen and oxygen atoms in total. The Bertz CT molecular complexity index is 341. The second-order valence-corrected chi connectivity index (χ2v) is 4.02. The van der Waals surface area contributed by atoms with Gasteiger partial charge in [0.2, 0.25) is 0 Å². The average Bonchev–Trinajstić information content (AvgIpc) is 3.03. The van der Waals surface area contributed by atoms with Crippen LogP contribution in [0, 0.1) is 0 Å². The minimum absolute atomic E-state index is 0.216. The lowest BCUT2D eigenvalue weighted by Gasteiger charge is -2.14. The van der Waals surface area contributed by atoms with Crippen molar-refractivity contribution in [1.29, 1.82) is 0 Å². The predicted octanol–water partition coefficient (Wildman–Crippen LogP) is 1.81. The van der Waals surface area contributed by atoms with E-state index in [9.17, 15) is 0 Å². The van der Waals surface area contributed by atoms with Gasteiger partial charge < -0.3 is 11.1 Å². The summed E-state index contributed by atoms with van der Waals surface area (Å²) in [6.07, 6.45) is 2.37. The van der Waals surface area contributed by atoms with Crippen LogP contribution in [0.25, 0.3) is 0 Å². The van der Waals surface area contributed by atoms with E-state index < -0.39 is 0 Å². The van der Waals surface area contributed by atoms with Gasteiger partial charge in [0, 0.05) is 0 Å². The number of guanidine groups is 1. The maximum absolute atomic E-state index is 5.79. The number of hydrogen-bond donors (Lipinski definition) is 2. The molecule has 0 saturated heterocycles. The zero-order valence-corrected chi connectivity index (χ0v) is 8.98. The van der Waals surface area contributed by atoms with Gasteiger partial charge in [-0.2, -0.15) is 0 Å². The first kappa shape index (κ1) is 10.0. The van der Waals surface area contributed by atoms with Crippen LogP contribution in [0.15, 0.2) is 35.3 Å². The highest BCUT2D eigenvalue weighted by Crippen LogP contribution is 2.23. The molecule has 80 valence electrons. The normalized spacial score (nSPS) is 18.6. The molecule has 0 bridgehead atoms. The lowest BCUT2D eigenvalue weighted by atomic mass is 10.1. The van der Waals surface area contributed by atoms with E-state index in [0.29, 0.717) is 12.0 Å². The van der Waals surface area contributed by atoms with Crippen molar-refractivity contribution in [2.75, 3.05) is 0 Å². The highest BCUT2D eigenvalue weighted by molar-refractivity contribution is 5.78. The van der Waals surface area contributed by atoms with Crippen LogP contribution in [0.5, 0.6) is 0 Å². The number of rotatable bonds is 3. The van der Waals surface area contributed by atoms with Crippen molar-refractivity contribution in [2.24, 2.45) is 10.7 Å². The largest absolute Gasteiger partial charge is 0.370 e. The molecule has 1 aromatic carbocycles. The summed E-state index contributed by atoms with van der Waals surface area (Å²) in [5.41, 5.74) is 7.02. The SMILES string of the molecule is CC(NC(N)=NC1CC1)c1ccccc1. The fourth-order valence-corrected chi connectivity index (χ4v) is 1.48. The molecular weight excluding hydrogens is 186 g/mol. The molecule has 1 saturated carbocycles. The van der Waals surface area contributed by atoms with Crippen LogP contribution in [0.2, 0.25) is 0 Å². The summed E-state index contributed by atoms with van der Waals surface area (Å²) in [4.78, 5) is 4.34. The van der Waals surface area contributed by atoms with Gasteiger partial charge in [0.15, 0.2) is 5.96 Å². The Morgan fingerprint density at radius 1 is 1.40 bits per heavy atom. The summed E-state index contributed by atoms with van der Waals surface area (Å²) in [5.74, 6) is 0.564. The Hall–Kier alpha value is -1.51. The molecule has 15 heavy (non-hydrogen) atoms. The lowest BCUT2D eigenvalue weighted by Crippen LogP contribution is -2.34. The third kappa shape index (κ3) is 2.98. The van der Waals surface area contributed by atoms with Gasteiger partial charge in [-0.3, -0.25) is 4.99 Å². The van der Waals surface area contributed by atoms with Crippen LogP contribution in [-0.2, 0) is 0 Å². The van der Waals surface area contributed by atoms with Crippen molar-refractivity contribution < 1.29 is 0 Å². The molecule has 1 fully saturated rings. The standard InChI is InChI=1S/C12H17N3/c1-9(10-5-3-2-4-6-10)14-12(13)15-11-7-8-11/h2-6,9,11H,7-8H2,1H3,(H3,13,14,15). The average molecular weight is 203 g/mol. The minimum atomic E-state index is 0.216. The maximum Gasteiger partial charge on any atom is 0.189 e. The molecule has 0 spiro atoms. The molecule has 1 aliphatic rings. The molecule has 0 aromatic heterocycles. The van der Waals surface area contributed by atoms with Crippen molar-refractivity contribution in [1.82, 2.24) is 5.32 Å². The molecule has 2 rings (SSSR count). The van der Waals surface area contributed by atoms with Gasteiger partial charge in [-0.05, 0) is 25.3 Å². The summed E-state index contributed by atoms with van der Waals surface area (Å²) in [7, 11) is 0. The van der Waals surface area contributed by atoms with Crippen LogP contribution < -0.4 is 11.1 Å². The molecule has 0 radical (unpaired) electrons. The van der Waals surface area contributed by atoms with Crippen LogP contribution in [0.1, 0.15) is 31.4 Å². The summed E-state index contributed by atoms with van der Waals surface area (Å²) in [6.45, 7) is 2.09. The van der Waals surface area contributed by atoms with Crippen LogP contribution in [0.4, 0.5) is 0 Å². The summed E-state index contributed by atoms with van der Waals surface area (Å²) in [5, 5.41) is 3.20. The van der Waals surface area contributed by atoms with E-state index in [4.69, 9.17) is 5.73 Å². The Kier molecular flexibility index (Phi) is 2.90. The van der Waals surface area contributed by atoms with Gasteiger partial charge in [0.1, 0.15) is 0 Å². The molecular formula is C12H17N3. The van der Waals surface area contributed by atoms with E-state index in [1.807, 2.05) is 18.2 Å². The summed E-state index contributed by atoms with van der Waals surface area (Å²) < 4.78 is 0. The molecule has 3 heteroatoms. The first-order chi connectivity index (χ1) is 7.25. The van der Waals surface area contributed by atoms with E-state index in [0.717, 1.165) is 0 Å². The van der Waals surface area contributed by atoms with Gasteiger partial charge >= 0.3 is 0 Å². The van der Waals surface area contributed by atoms with Crippen molar-refractivity contribution >= 4 is 5.96 Å². The predicted molar refractivity (Wildman–Crippen MR) is 62.6 cm³/mol. The smallest absolute Gasteiger partial charge is 0.189 e. The van der Waals surface area contributed by atoms with Crippen LogP contribution in [0.3, 0.4) is 0 Å². The highest BCUT2D eigenvalue weighted by atomic mass is 15.1. The van der Waals surface area contributed by atoms with Gasteiger partial charge in [-0.1, -0.05) is 30.3 Å². The number of nitrogens with two attached hydrogens (primary N) is 1. The van der Waals surface area contributed by atoms with E-state index in [2.05, 4.69) is 29.4 Å². The first-order valence-electron chi connectivity index (χ1n) is 5.40. The Morgan fingerprint density at radius 3 is 2.67 bits per heavy atom. The third-order valence-corrected chi connectivity index (χ3v) is 2.53. The molecule has 0 aliphatic heterocycles. The second-order valence-electron chi connectivity index (χ2n) is 4.02. The molecule has 1 unspecified atom stereocenters. The molecule has 3 N–H and O–H groups in total. The first-order valence-corrected chi connectivity index (χ1v) is 5.40. The summed E-state index contributed by atoms with van der Waals surface area (Å²) in [6, 6.07) is 10.9. The lowest BCUT2D eigenvalue weighted by molar-refractivity contribution is 0.707. The Labute approximate surface area is 90.4 Å². The molecule has 1 atom stereocenters. The fourth-order valence-electron chi connectivity index (χ4n) is 1.48. The fraction of sp³-hybridized carbons (Fsp3) is 0.417. The molecule has 0 amide bonds. The van der Waals surface area contributed by atoms with Gasteiger partial charge in [-0.15, -0.1) is 0 Å². The quantitative estimate of drug-likeness (QED) is 0.581. The number of nitrogens with one attached hydrogen (secondary N) is 1. The minimum Gasteiger partial charge on any atom is -0.370 e. The van der Waals surface area contributed by atoms with E-state index in [1.165, 1.54) is 18.4 Å². The van der Waals surface area contributed by atoms with Crippen molar-refractivity contribution in [2.45, 2.75) is 31.8 Å². The number of hydrogen-bond acceptors (Lipinski definition) is 1. The van der Waals surface area contributed by atoms with Crippen LogP contribution in [-0.4, -0.2) is 12.0 Å². The van der Waals surface area contributed by atoms with E-state index in [1.54, 1.807) is 0 Å². The van der Waals surface area contributed by atoms with Crippen molar-refractivity contribution in [3.63, 3.8) is 0 Å². The number of aliphatic imine (C=N–C) groups is 1. The Balaban J connectivity index is 1.94. The molecule has 1 aromatic rings.